The molecule has 2 rings (SSSR count). The minimum atomic E-state index is -0.626. The maximum absolute atomic E-state index is 12.0. The van der Waals surface area contributed by atoms with Gasteiger partial charge in [0.05, 0.1) is 12.0 Å². The molecule has 7 heteroatoms. The molecule has 0 saturated heterocycles. The Hall–Kier alpha value is -1.76. The van der Waals surface area contributed by atoms with E-state index in [0.29, 0.717) is 29.5 Å². The number of nitrogens with one attached hydrogen (secondary N) is 1. The van der Waals surface area contributed by atoms with E-state index in [1.807, 2.05) is 13.8 Å². The Morgan fingerprint density at radius 3 is 2.72 bits per heavy atom. The van der Waals surface area contributed by atoms with Crippen LogP contribution in [0.5, 0.6) is 5.75 Å². The van der Waals surface area contributed by atoms with Gasteiger partial charge in [-0.15, -0.1) is 0 Å². The number of aliphatic hydroxyl groups is 1. The molecule has 0 saturated carbocycles. The monoisotopic (exact) mass is 370 g/mol. The molecule has 2 N–H and O–H groups in total. The molecule has 0 aliphatic heterocycles. The lowest BCUT2D eigenvalue weighted by molar-refractivity contribution is -0.0000251. The van der Waals surface area contributed by atoms with Crippen molar-refractivity contribution in [2.75, 3.05) is 19.8 Å². The number of hydrogen-bond acceptors (Lipinski definition) is 6. The summed E-state index contributed by atoms with van der Waals surface area (Å²) in [6, 6.07) is 5.65. The second-order valence-electron chi connectivity index (χ2n) is 5.93. The van der Waals surface area contributed by atoms with E-state index in [-0.39, 0.29) is 31.4 Å². The maximum atomic E-state index is 12.0. The summed E-state index contributed by atoms with van der Waals surface area (Å²) in [6.45, 7) is 8.46. The lowest BCUT2D eigenvalue weighted by Gasteiger charge is -2.15. The Balaban J connectivity index is 0.00000312. The van der Waals surface area contributed by atoms with Crippen molar-refractivity contribution in [1.29, 1.82) is 0 Å². The Kier molecular flexibility index (Phi) is 8.22. The van der Waals surface area contributed by atoms with Crippen molar-refractivity contribution < 1.29 is 36.2 Å². The zero-order valence-electron chi connectivity index (χ0n) is 15.0. The summed E-state index contributed by atoms with van der Waals surface area (Å²) in [4.78, 5) is 12.0. The molecule has 0 aliphatic carbocycles. The second-order valence-corrected chi connectivity index (χ2v) is 5.93. The number of esters is 1. The molecule has 0 amide bonds. The fraction of sp³-hybridized carbons (Fsp3) is 0.500. The third-order valence-electron chi connectivity index (χ3n) is 3.57. The minimum Gasteiger partial charge on any atom is -1.00 e. The molecule has 1 aromatic carbocycles. The van der Waals surface area contributed by atoms with E-state index in [4.69, 9.17) is 13.9 Å². The predicted octanol–water partition coefficient (Wildman–Crippen LogP) is -0.340. The molecule has 0 bridgehead atoms. The third-order valence-corrected chi connectivity index (χ3v) is 3.57. The molecular weight excluding hydrogens is 346 g/mol. The highest BCUT2D eigenvalue weighted by atomic mass is 35.5. The first-order valence-corrected chi connectivity index (χ1v) is 8.17. The van der Waals surface area contributed by atoms with Crippen LogP contribution in [0.4, 0.5) is 0 Å². The van der Waals surface area contributed by atoms with E-state index >= 15 is 0 Å². The highest BCUT2D eigenvalue weighted by Gasteiger charge is 2.21. The van der Waals surface area contributed by atoms with Crippen LogP contribution >= 0.6 is 0 Å². The number of carbonyl (C=O) groups excluding carboxylic acids is 1. The van der Waals surface area contributed by atoms with Crippen molar-refractivity contribution in [3.8, 4) is 5.75 Å². The Bertz CT molecular complexity index is 698. The summed E-state index contributed by atoms with van der Waals surface area (Å²) >= 11 is 0. The first-order valence-electron chi connectivity index (χ1n) is 8.17. The molecule has 0 radical (unpaired) electrons. The van der Waals surface area contributed by atoms with Gasteiger partial charge in [-0.05, 0) is 26.0 Å². The van der Waals surface area contributed by atoms with Crippen molar-refractivity contribution in [3.05, 3.63) is 29.5 Å². The number of aryl methyl sites for hydroxylation is 1. The van der Waals surface area contributed by atoms with E-state index in [0.717, 1.165) is 5.39 Å². The van der Waals surface area contributed by atoms with Crippen LogP contribution in [-0.4, -0.2) is 43.0 Å². The average Bonchev–Trinajstić information content (AvgIpc) is 2.89. The first kappa shape index (κ1) is 21.3. The maximum Gasteiger partial charge on any atom is 0.374 e. The molecular formula is C18H25ClNO5-. The fourth-order valence-corrected chi connectivity index (χ4v) is 2.39. The lowest BCUT2D eigenvalue weighted by atomic mass is 10.1. The summed E-state index contributed by atoms with van der Waals surface area (Å²) in [7, 11) is 0. The number of benzene rings is 1. The standard InChI is InChI=1S/C18H25NO5.ClH/c1-5-22-18(21)17-12(4)16-14(7-6-8-15(16)24-17)23-10-13(20)9-19-11(2)3;/h6-8,11,13,19-20H,5,9-10H2,1-4H3;1H/p-1. The summed E-state index contributed by atoms with van der Waals surface area (Å²) in [5, 5.41) is 13.9. The topological polar surface area (TPSA) is 80.9 Å². The fourth-order valence-electron chi connectivity index (χ4n) is 2.39. The van der Waals surface area contributed by atoms with Crippen LogP contribution in [0.15, 0.2) is 22.6 Å². The summed E-state index contributed by atoms with van der Waals surface area (Å²) in [5.74, 6) is 0.274. The van der Waals surface area contributed by atoms with Gasteiger partial charge in [0, 0.05) is 18.2 Å². The Labute approximate surface area is 153 Å². The molecule has 0 spiro atoms. The molecule has 1 aromatic heterocycles. The number of furan rings is 1. The van der Waals surface area contributed by atoms with Crippen molar-refractivity contribution in [3.63, 3.8) is 0 Å². The number of hydrogen-bond donors (Lipinski definition) is 2. The van der Waals surface area contributed by atoms with Gasteiger partial charge in [0.25, 0.3) is 0 Å². The van der Waals surface area contributed by atoms with E-state index in [2.05, 4.69) is 5.32 Å². The average molecular weight is 371 g/mol. The normalized spacial score (nSPS) is 12.1. The van der Waals surface area contributed by atoms with Crippen LogP contribution in [-0.2, 0) is 4.74 Å². The number of aliphatic hydroxyl groups excluding tert-OH is 1. The number of rotatable bonds is 8. The second kappa shape index (κ2) is 9.65. The van der Waals surface area contributed by atoms with Gasteiger partial charge in [-0.1, -0.05) is 19.9 Å². The van der Waals surface area contributed by atoms with Gasteiger partial charge >= 0.3 is 5.97 Å². The van der Waals surface area contributed by atoms with E-state index in [1.165, 1.54) is 0 Å². The van der Waals surface area contributed by atoms with Crippen molar-refractivity contribution >= 4 is 16.9 Å². The molecule has 2 aromatic rings. The van der Waals surface area contributed by atoms with Crippen molar-refractivity contribution in [1.82, 2.24) is 5.32 Å². The molecule has 6 nitrogen and oxygen atoms in total. The van der Waals surface area contributed by atoms with Gasteiger partial charge in [0.1, 0.15) is 24.0 Å². The minimum absolute atomic E-state index is 0. The van der Waals surface area contributed by atoms with Crippen LogP contribution in [0.1, 0.15) is 36.9 Å². The molecule has 1 unspecified atom stereocenters. The van der Waals surface area contributed by atoms with Crippen LogP contribution in [0.2, 0.25) is 0 Å². The summed E-state index contributed by atoms with van der Waals surface area (Å²) in [5.41, 5.74) is 1.23. The zero-order valence-corrected chi connectivity index (χ0v) is 15.7. The van der Waals surface area contributed by atoms with Gasteiger partial charge < -0.3 is 36.7 Å². The van der Waals surface area contributed by atoms with Gasteiger partial charge in [0.15, 0.2) is 0 Å². The molecule has 140 valence electrons. The molecule has 25 heavy (non-hydrogen) atoms. The molecule has 0 fully saturated rings. The van der Waals surface area contributed by atoms with Crippen LogP contribution in [0, 0.1) is 6.92 Å². The van der Waals surface area contributed by atoms with E-state index < -0.39 is 12.1 Å². The third kappa shape index (κ3) is 5.36. The van der Waals surface area contributed by atoms with E-state index in [1.54, 1.807) is 32.0 Å². The molecule has 0 aliphatic rings. The van der Waals surface area contributed by atoms with Gasteiger partial charge in [-0.3, -0.25) is 0 Å². The highest BCUT2D eigenvalue weighted by Crippen LogP contribution is 2.33. The van der Waals surface area contributed by atoms with Crippen LogP contribution in [0.3, 0.4) is 0 Å². The largest absolute Gasteiger partial charge is 1.00 e. The van der Waals surface area contributed by atoms with Crippen molar-refractivity contribution in [2.45, 2.75) is 39.8 Å². The quantitative estimate of drug-likeness (QED) is 0.619. The number of ether oxygens (including phenoxy) is 2. The molecule has 1 heterocycles. The first-order chi connectivity index (χ1) is 11.4. The van der Waals surface area contributed by atoms with Gasteiger partial charge in [0.2, 0.25) is 5.76 Å². The SMILES string of the molecule is CCOC(=O)c1oc2cccc(OCC(O)CNC(C)C)c2c1C.[Cl-]. The highest BCUT2D eigenvalue weighted by molar-refractivity contribution is 5.98. The van der Waals surface area contributed by atoms with Gasteiger partial charge in [-0.2, -0.15) is 0 Å². The Morgan fingerprint density at radius 2 is 2.08 bits per heavy atom. The predicted molar refractivity (Wildman–Crippen MR) is 91.5 cm³/mol. The van der Waals surface area contributed by atoms with Crippen LogP contribution in [0.25, 0.3) is 11.0 Å². The number of carbonyl (C=O) groups is 1. The Morgan fingerprint density at radius 1 is 1.36 bits per heavy atom. The zero-order chi connectivity index (χ0) is 17.7. The summed E-state index contributed by atoms with van der Waals surface area (Å²) in [6.07, 6.45) is -0.626. The summed E-state index contributed by atoms with van der Waals surface area (Å²) < 4.78 is 16.4. The molecule has 1 atom stereocenters. The van der Waals surface area contributed by atoms with Crippen LogP contribution < -0.4 is 22.5 Å². The van der Waals surface area contributed by atoms with Gasteiger partial charge in [-0.25, -0.2) is 4.79 Å². The van der Waals surface area contributed by atoms with Crippen molar-refractivity contribution in [2.24, 2.45) is 0 Å². The number of halogens is 1. The number of fused-ring (bicyclic) bond motifs is 1. The van der Waals surface area contributed by atoms with E-state index in [9.17, 15) is 9.90 Å². The smallest absolute Gasteiger partial charge is 0.374 e. The lowest BCUT2D eigenvalue weighted by Crippen LogP contribution is -3.00.